The molecule has 2 heterocycles. The Morgan fingerprint density at radius 3 is 2.75 bits per heavy atom. The Hall–Kier alpha value is -2.20. The molecule has 102 valence electrons. The van der Waals surface area contributed by atoms with Gasteiger partial charge in [-0.1, -0.05) is 24.3 Å². The molecular formula is C16H17N3O. The number of aromatic nitrogens is 3. The van der Waals surface area contributed by atoms with Crippen molar-refractivity contribution in [3.8, 4) is 11.3 Å². The molecule has 1 atom stereocenters. The molecule has 0 N–H and O–H groups in total. The Morgan fingerprint density at radius 1 is 1.20 bits per heavy atom. The molecule has 0 radical (unpaired) electrons. The molecule has 2 aromatic heterocycles. The van der Waals surface area contributed by atoms with Gasteiger partial charge in [0.1, 0.15) is 0 Å². The van der Waals surface area contributed by atoms with Gasteiger partial charge < -0.3 is 4.74 Å². The maximum Gasteiger partial charge on any atom is 0.155 e. The largest absolute Gasteiger partial charge is 0.374 e. The van der Waals surface area contributed by atoms with Crippen LogP contribution in [0.1, 0.15) is 25.5 Å². The van der Waals surface area contributed by atoms with E-state index in [-0.39, 0.29) is 6.10 Å². The molecule has 0 aliphatic rings. The number of fused-ring (bicyclic) bond motifs is 1. The molecule has 1 aromatic carbocycles. The Bertz CT molecular complexity index is 703. The second-order valence-electron chi connectivity index (χ2n) is 4.67. The van der Waals surface area contributed by atoms with E-state index in [4.69, 9.17) is 4.74 Å². The number of imidazole rings is 1. The first kappa shape index (κ1) is 12.8. The van der Waals surface area contributed by atoms with Crippen molar-refractivity contribution in [3.05, 3.63) is 54.6 Å². The number of benzene rings is 1. The molecule has 0 bridgehead atoms. The number of hydrogen-bond acceptors (Lipinski definition) is 3. The summed E-state index contributed by atoms with van der Waals surface area (Å²) in [5, 5.41) is 0. The highest BCUT2D eigenvalue weighted by Gasteiger charge is 2.08. The lowest BCUT2D eigenvalue weighted by atomic mass is 10.1. The van der Waals surface area contributed by atoms with E-state index >= 15 is 0 Å². The third-order valence-electron chi connectivity index (χ3n) is 3.41. The smallest absolute Gasteiger partial charge is 0.155 e. The molecule has 3 rings (SSSR count). The third-order valence-corrected chi connectivity index (χ3v) is 3.41. The van der Waals surface area contributed by atoms with Gasteiger partial charge in [0, 0.05) is 24.6 Å². The van der Waals surface area contributed by atoms with Crippen LogP contribution in [-0.2, 0) is 4.74 Å². The predicted molar refractivity (Wildman–Crippen MR) is 78.5 cm³/mol. The molecule has 0 saturated carbocycles. The average molecular weight is 267 g/mol. The van der Waals surface area contributed by atoms with Crippen molar-refractivity contribution in [3.63, 3.8) is 0 Å². The molecule has 1 unspecified atom stereocenters. The SMILES string of the molecule is CCOC(C)c1ccc(-c2cnc3cnccn23)cc1. The van der Waals surface area contributed by atoms with Crippen LogP contribution in [-0.4, -0.2) is 21.0 Å². The van der Waals surface area contributed by atoms with E-state index in [9.17, 15) is 0 Å². The number of ether oxygens (including phenoxy) is 1. The summed E-state index contributed by atoms with van der Waals surface area (Å²) in [6.07, 6.45) is 7.45. The van der Waals surface area contributed by atoms with Crippen molar-refractivity contribution in [1.29, 1.82) is 0 Å². The standard InChI is InChI=1S/C16H17N3O/c1-3-20-12(2)13-4-6-14(7-5-13)15-10-18-16-11-17-8-9-19(15)16/h4-12H,3H2,1-2H3. The zero-order valence-corrected chi connectivity index (χ0v) is 11.7. The van der Waals surface area contributed by atoms with E-state index in [0.29, 0.717) is 0 Å². The van der Waals surface area contributed by atoms with Crippen LogP contribution >= 0.6 is 0 Å². The first-order valence-corrected chi connectivity index (χ1v) is 6.78. The quantitative estimate of drug-likeness (QED) is 0.726. The Balaban J connectivity index is 1.95. The van der Waals surface area contributed by atoms with E-state index < -0.39 is 0 Å². The highest BCUT2D eigenvalue weighted by atomic mass is 16.5. The topological polar surface area (TPSA) is 39.4 Å². The van der Waals surface area contributed by atoms with E-state index in [1.807, 2.05) is 23.7 Å². The summed E-state index contributed by atoms with van der Waals surface area (Å²) in [5.41, 5.74) is 4.24. The van der Waals surface area contributed by atoms with Crippen molar-refractivity contribution in [2.45, 2.75) is 20.0 Å². The highest BCUT2D eigenvalue weighted by molar-refractivity contribution is 5.63. The molecule has 0 spiro atoms. The summed E-state index contributed by atoms with van der Waals surface area (Å²) in [7, 11) is 0. The second-order valence-corrected chi connectivity index (χ2v) is 4.67. The van der Waals surface area contributed by atoms with E-state index in [1.54, 1.807) is 12.4 Å². The molecular weight excluding hydrogens is 250 g/mol. The van der Waals surface area contributed by atoms with Crippen molar-refractivity contribution in [2.75, 3.05) is 6.61 Å². The number of hydrogen-bond donors (Lipinski definition) is 0. The van der Waals surface area contributed by atoms with Gasteiger partial charge in [-0.05, 0) is 19.4 Å². The number of nitrogens with zero attached hydrogens (tertiary/aromatic N) is 3. The summed E-state index contributed by atoms with van der Waals surface area (Å²) in [6.45, 7) is 4.80. The Morgan fingerprint density at radius 2 is 2.00 bits per heavy atom. The van der Waals surface area contributed by atoms with Crippen LogP contribution in [0, 0.1) is 0 Å². The van der Waals surface area contributed by atoms with Gasteiger partial charge in [0.2, 0.25) is 0 Å². The fraction of sp³-hybridized carbons (Fsp3) is 0.250. The summed E-state index contributed by atoms with van der Waals surface area (Å²) in [6, 6.07) is 8.43. The molecule has 0 aliphatic heterocycles. The molecule has 0 fully saturated rings. The van der Waals surface area contributed by atoms with E-state index in [0.717, 1.165) is 23.5 Å². The lowest BCUT2D eigenvalue weighted by molar-refractivity contribution is 0.0764. The van der Waals surface area contributed by atoms with Gasteiger partial charge in [-0.3, -0.25) is 9.38 Å². The molecule has 4 nitrogen and oxygen atoms in total. The van der Waals surface area contributed by atoms with E-state index in [1.165, 1.54) is 5.56 Å². The van der Waals surface area contributed by atoms with Crippen molar-refractivity contribution >= 4 is 5.65 Å². The zero-order chi connectivity index (χ0) is 13.9. The van der Waals surface area contributed by atoms with Crippen LogP contribution in [0.25, 0.3) is 16.9 Å². The maximum atomic E-state index is 5.60. The molecule has 0 aliphatic carbocycles. The van der Waals surface area contributed by atoms with Gasteiger partial charge in [-0.25, -0.2) is 4.98 Å². The fourth-order valence-corrected chi connectivity index (χ4v) is 2.33. The zero-order valence-electron chi connectivity index (χ0n) is 11.7. The third kappa shape index (κ3) is 2.30. The van der Waals surface area contributed by atoms with Crippen LogP contribution < -0.4 is 0 Å². The van der Waals surface area contributed by atoms with Gasteiger partial charge in [0.25, 0.3) is 0 Å². The van der Waals surface area contributed by atoms with Gasteiger partial charge in [0.15, 0.2) is 5.65 Å². The van der Waals surface area contributed by atoms with Crippen LogP contribution in [0.15, 0.2) is 49.1 Å². The first-order valence-electron chi connectivity index (χ1n) is 6.78. The predicted octanol–water partition coefficient (Wildman–Crippen LogP) is 3.49. The van der Waals surface area contributed by atoms with Gasteiger partial charge in [0.05, 0.1) is 24.2 Å². The van der Waals surface area contributed by atoms with Crippen LogP contribution in [0.4, 0.5) is 0 Å². The second kappa shape index (κ2) is 5.43. The summed E-state index contributed by atoms with van der Waals surface area (Å²) in [5.74, 6) is 0. The summed E-state index contributed by atoms with van der Waals surface area (Å²) >= 11 is 0. The minimum atomic E-state index is 0.125. The summed E-state index contributed by atoms with van der Waals surface area (Å²) in [4.78, 5) is 8.44. The lowest BCUT2D eigenvalue weighted by Crippen LogP contribution is -1.99. The number of rotatable bonds is 4. The fourth-order valence-electron chi connectivity index (χ4n) is 2.33. The monoisotopic (exact) mass is 267 g/mol. The normalized spacial score (nSPS) is 12.7. The minimum absolute atomic E-state index is 0.125. The van der Waals surface area contributed by atoms with Gasteiger partial charge in [-0.2, -0.15) is 0 Å². The van der Waals surface area contributed by atoms with Crippen molar-refractivity contribution in [1.82, 2.24) is 14.4 Å². The maximum absolute atomic E-state index is 5.60. The van der Waals surface area contributed by atoms with Crippen LogP contribution in [0.3, 0.4) is 0 Å². The molecule has 4 heteroatoms. The van der Waals surface area contributed by atoms with Crippen LogP contribution in [0.2, 0.25) is 0 Å². The van der Waals surface area contributed by atoms with Gasteiger partial charge in [-0.15, -0.1) is 0 Å². The van der Waals surface area contributed by atoms with Crippen molar-refractivity contribution < 1.29 is 4.74 Å². The van der Waals surface area contributed by atoms with Gasteiger partial charge >= 0.3 is 0 Å². The average Bonchev–Trinajstić information content (AvgIpc) is 2.92. The van der Waals surface area contributed by atoms with Crippen molar-refractivity contribution in [2.24, 2.45) is 0 Å². The van der Waals surface area contributed by atoms with E-state index in [2.05, 4.69) is 41.2 Å². The molecule has 3 aromatic rings. The Kier molecular flexibility index (Phi) is 3.48. The first-order chi connectivity index (χ1) is 9.79. The lowest BCUT2D eigenvalue weighted by Gasteiger charge is -2.12. The van der Waals surface area contributed by atoms with Crippen LogP contribution in [0.5, 0.6) is 0 Å². The molecule has 0 saturated heterocycles. The minimum Gasteiger partial charge on any atom is -0.374 e. The summed E-state index contributed by atoms with van der Waals surface area (Å²) < 4.78 is 7.64. The Labute approximate surface area is 118 Å². The molecule has 20 heavy (non-hydrogen) atoms. The highest BCUT2D eigenvalue weighted by Crippen LogP contribution is 2.23. The molecule has 0 amide bonds.